The Labute approximate surface area is 156 Å². The van der Waals surface area contributed by atoms with Crippen LogP contribution in [0.15, 0.2) is 4.99 Å². The molecule has 2 rings (SSSR count). The minimum atomic E-state index is -0.0523. The van der Waals surface area contributed by atoms with E-state index in [1.54, 1.807) is 0 Å². The normalized spacial score (nSPS) is 22.6. The average Bonchev–Trinajstić information content (AvgIpc) is 3.05. The fourth-order valence-corrected chi connectivity index (χ4v) is 3.14. The molecule has 23 heavy (non-hydrogen) atoms. The van der Waals surface area contributed by atoms with Crippen LogP contribution in [0.1, 0.15) is 39.0 Å². The number of nitrogens with one attached hydrogen (secondary N) is 1. The molecule has 2 fully saturated rings. The zero-order chi connectivity index (χ0) is 15.8. The molecule has 0 aromatic heterocycles. The van der Waals surface area contributed by atoms with Crippen molar-refractivity contribution < 1.29 is 14.3 Å². The second-order valence-electron chi connectivity index (χ2n) is 5.91. The van der Waals surface area contributed by atoms with Gasteiger partial charge < -0.3 is 19.7 Å². The van der Waals surface area contributed by atoms with E-state index in [4.69, 9.17) is 9.47 Å². The topological polar surface area (TPSA) is 63.2 Å². The van der Waals surface area contributed by atoms with Crippen molar-refractivity contribution in [1.29, 1.82) is 0 Å². The molecule has 0 spiro atoms. The van der Waals surface area contributed by atoms with E-state index in [1.807, 2.05) is 14.0 Å². The number of halogens is 1. The lowest BCUT2D eigenvalue weighted by molar-refractivity contribution is -0.149. The van der Waals surface area contributed by atoms with Gasteiger partial charge in [0, 0.05) is 33.3 Å². The molecule has 0 aromatic carbocycles. The number of ether oxygens (including phenoxy) is 2. The van der Waals surface area contributed by atoms with Crippen LogP contribution in [-0.2, 0) is 14.3 Å². The average molecular weight is 439 g/mol. The van der Waals surface area contributed by atoms with Crippen LogP contribution in [0.4, 0.5) is 0 Å². The first-order valence-corrected chi connectivity index (χ1v) is 8.48. The molecule has 1 N–H and O–H groups in total. The highest BCUT2D eigenvalue weighted by molar-refractivity contribution is 14.0. The zero-order valence-corrected chi connectivity index (χ0v) is 16.6. The third kappa shape index (κ3) is 6.45. The van der Waals surface area contributed by atoms with E-state index in [2.05, 4.69) is 15.2 Å². The first-order valence-electron chi connectivity index (χ1n) is 8.48. The first-order chi connectivity index (χ1) is 10.7. The summed E-state index contributed by atoms with van der Waals surface area (Å²) in [6.07, 6.45) is 5.46. The number of hydrogen-bond acceptors (Lipinski definition) is 4. The van der Waals surface area contributed by atoms with Crippen LogP contribution in [-0.4, -0.2) is 62.8 Å². The lowest BCUT2D eigenvalue weighted by Crippen LogP contribution is -2.47. The molecular weight excluding hydrogens is 409 g/mol. The lowest BCUT2D eigenvalue weighted by atomic mass is 9.97. The van der Waals surface area contributed by atoms with E-state index < -0.39 is 0 Å². The molecule has 0 bridgehead atoms. The Morgan fingerprint density at radius 3 is 2.65 bits per heavy atom. The summed E-state index contributed by atoms with van der Waals surface area (Å²) in [6.45, 7) is 5.81. The van der Waals surface area contributed by atoms with E-state index in [9.17, 15) is 4.79 Å². The molecule has 2 saturated heterocycles. The predicted octanol–water partition coefficient (Wildman–Crippen LogP) is 2.02. The Hall–Kier alpha value is -0.570. The highest BCUT2D eigenvalue weighted by atomic mass is 127. The summed E-state index contributed by atoms with van der Waals surface area (Å²) >= 11 is 0. The summed E-state index contributed by atoms with van der Waals surface area (Å²) in [4.78, 5) is 18.3. The maximum atomic E-state index is 11.8. The third-order valence-electron chi connectivity index (χ3n) is 4.40. The third-order valence-corrected chi connectivity index (χ3v) is 4.40. The van der Waals surface area contributed by atoms with Gasteiger partial charge in [-0.1, -0.05) is 0 Å². The summed E-state index contributed by atoms with van der Waals surface area (Å²) in [5, 5.41) is 3.41. The molecule has 7 heteroatoms. The Balaban J connectivity index is 0.00000264. The maximum absolute atomic E-state index is 11.8. The predicted molar refractivity (Wildman–Crippen MR) is 101 cm³/mol. The Kier molecular flexibility index (Phi) is 9.85. The Bertz CT molecular complexity index is 379. The highest BCUT2D eigenvalue weighted by Gasteiger charge is 2.27. The second-order valence-corrected chi connectivity index (χ2v) is 5.91. The van der Waals surface area contributed by atoms with Gasteiger partial charge in [-0.25, -0.2) is 0 Å². The SMILES string of the molecule is CCOC(=O)C1CCN(C(=NC)NCCC2CCCO2)CC1.I. The van der Waals surface area contributed by atoms with Crippen LogP contribution >= 0.6 is 24.0 Å². The van der Waals surface area contributed by atoms with Gasteiger partial charge in [-0.05, 0) is 39.0 Å². The van der Waals surface area contributed by atoms with Crippen molar-refractivity contribution in [3.8, 4) is 0 Å². The molecule has 134 valence electrons. The number of carbonyl (C=O) groups excluding carboxylic acids is 1. The van der Waals surface area contributed by atoms with Gasteiger partial charge in [0.25, 0.3) is 0 Å². The summed E-state index contributed by atoms with van der Waals surface area (Å²) in [5.74, 6) is 0.921. The number of guanidine groups is 1. The number of carbonyl (C=O) groups is 1. The number of likely N-dealkylation sites (tertiary alicyclic amines) is 1. The summed E-state index contributed by atoms with van der Waals surface area (Å²) < 4.78 is 10.7. The number of rotatable bonds is 5. The van der Waals surface area contributed by atoms with Crippen LogP contribution in [0.5, 0.6) is 0 Å². The van der Waals surface area contributed by atoms with E-state index in [1.165, 1.54) is 12.8 Å². The van der Waals surface area contributed by atoms with Crippen molar-refractivity contribution in [1.82, 2.24) is 10.2 Å². The van der Waals surface area contributed by atoms with Gasteiger partial charge in [0.05, 0.1) is 18.6 Å². The van der Waals surface area contributed by atoms with Crippen LogP contribution < -0.4 is 5.32 Å². The van der Waals surface area contributed by atoms with Crippen molar-refractivity contribution in [2.75, 3.05) is 39.9 Å². The maximum Gasteiger partial charge on any atom is 0.309 e. The van der Waals surface area contributed by atoms with Crippen molar-refractivity contribution in [3.05, 3.63) is 0 Å². The van der Waals surface area contributed by atoms with Crippen LogP contribution in [0.2, 0.25) is 0 Å². The van der Waals surface area contributed by atoms with Gasteiger partial charge in [-0.2, -0.15) is 0 Å². The number of esters is 1. The minimum Gasteiger partial charge on any atom is -0.466 e. The Morgan fingerprint density at radius 1 is 1.35 bits per heavy atom. The van der Waals surface area contributed by atoms with E-state index in [-0.39, 0.29) is 35.9 Å². The van der Waals surface area contributed by atoms with Crippen LogP contribution in [0, 0.1) is 5.92 Å². The Morgan fingerprint density at radius 2 is 2.09 bits per heavy atom. The van der Waals surface area contributed by atoms with Gasteiger partial charge in [-0.15, -0.1) is 24.0 Å². The zero-order valence-electron chi connectivity index (χ0n) is 14.3. The number of piperidine rings is 1. The van der Waals surface area contributed by atoms with Crippen LogP contribution in [0.25, 0.3) is 0 Å². The molecule has 0 aliphatic carbocycles. The summed E-state index contributed by atoms with van der Waals surface area (Å²) in [5.41, 5.74) is 0. The van der Waals surface area contributed by atoms with Gasteiger partial charge in [0.2, 0.25) is 0 Å². The summed E-state index contributed by atoms with van der Waals surface area (Å²) in [7, 11) is 1.81. The van der Waals surface area contributed by atoms with Gasteiger partial charge in [0.1, 0.15) is 0 Å². The largest absolute Gasteiger partial charge is 0.466 e. The molecule has 1 unspecified atom stereocenters. The highest BCUT2D eigenvalue weighted by Crippen LogP contribution is 2.19. The molecule has 6 nitrogen and oxygen atoms in total. The van der Waals surface area contributed by atoms with E-state index >= 15 is 0 Å². The van der Waals surface area contributed by atoms with Gasteiger partial charge >= 0.3 is 5.97 Å². The molecule has 2 aliphatic rings. The standard InChI is InChI=1S/C16H29N3O3.HI/c1-3-21-15(20)13-7-10-19(11-8-13)16(17-2)18-9-6-14-5-4-12-22-14;/h13-14H,3-12H2,1-2H3,(H,17,18);1H. The smallest absolute Gasteiger partial charge is 0.309 e. The first kappa shape index (κ1) is 20.5. The van der Waals surface area contributed by atoms with Crippen molar-refractivity contribution in [3.63, 3.8) is 0 Å². The number of aliphatic imine (C=N–C) groups is 1. The molecule has 2 heterocycles. The molecule has 0 saturated carbocycles. The molecule has 0 amide bonds. The molecule has 1 atom stereocenters. The second kappa shape index (κ2) is 11.1. The van der Waals surface area contributed by atoms with Gasteiger partial charge in [0.15, 0.2) is 5.96 Å². The number of hydrogen-bond donors (Lipinski definition) is 1. The summed E-state index contributed by atoms with van der Waals surface area (Å²) in [6, 6.07) is 0. The fraction of sp³-hybridized carbons (Fsp3) is 0.875. The van der Waals surface area contributed by atoms with E-state index in [0.29, 0.717) is 12.7 Å². The molecule has 2 aliphatic heterocycles. The molecule has 0 aromatic rings. The minimum absolute atomic E-state index is 0. The van der Waals surface area contributed by atoms with Crippen molar-refractivity contribution >= 4 is 35.9 Å². The fourth-order valence-electron chi connectivity index (χ4n) is 3.14. The quantitative estimate of drug-likeness (QED) is 0.308. The molecular formula is C16H30IN3O3. The monoisotopic (exact) mass is 439 g/mol. The van der Waals surface area contributed by atoms with Crippen LogP contribution in [0.3, 0.4) is 0 Å². The number of nitrogens with zero attached hydrogens (tertiary/aromatic N) is 2. The lowest BCUT2D eigenvalue weighted by Gasteiger charge is -2.33. The van der Waals surface area contributed by atoms with Crippen molar-refractivity contribution in [2.45, 2.75) is 45.1 Å². The molecule has 0 radical (unpaired) electrons. The van der Waals surface area contributed by atoms with Crippen molar-refractivity contribution in [2.24, 2.45) is 10.9 Å². The van der Waals surface area contributed by atoms with E-state index in [0.717, 1.165) is 51.5 Å². The van der Waals surface area contributed by atoms with Gasteiger partial charge in [-0.3, -0.25) is 9.79 Å².